The fourth-order valence-electron chi connectivity index (χ4n) is 3.69. The first-order chi connectivity index (χ1) is 14.3. The van der Waals surface area contributed by atoms with E-state index in [1.807, 2.05) is 32.0 Å². The van der Waals surface area contributed by atoms with Crippen LogP contribution in [-0.2, 0) is 4.79 Å². The van der Waals surface area contributed by atoms with Gasteiger partial charge in [0.2, 0.25) is 5.91 Å². The van der Waals surface area contributed by atoms with Crippen molar-refractivity contribution in [3.63, 3.8) is 0 Å². The fourth-order valence-corrected chi connectivity index (χ4v) is 3.69. The van der Waals surface area contributed by atoms with E-state index in [1.54, 1.807) is 13.1 Å². The number of fused-ring (bicyclic) bond motifs is 1. The maximum absolute atomic E-state index is 12.9. The van der Waals surface area contributed by atoms with Crippen LogP contribution in [0, 0.1) is 17.8 Å². The van der Waals surface area contributed by atoms with Crippen molar-refractivity contribution in [3.8, 4) is 0 Å². The number of aromatic nitrogens is 2. The minimum absolute atomic E-state index is 0.0294. The Bertz CT molecular complexity index is 855. The molecule has 0 fully saturated rings. The molecule has 2 aromatic rings. The van der Waals surface area contributed by atoms with E-state index < -0.39 is 12.1 Å². The van der Waals surface area contributed by atoms with Gasteiger partial charge in [0.25, 0.3) is 5.91 Å². The molecule has 1 aromatic carbocycles. The lowest BCUT2D eigenvalue weighted by atomic mass is 9.85. The molecule has 1 unspecified atom stereocenters. The minimum Gasteiger partial charge on any atom is -0.391 e. The van der Waals surface area contributed by atoms with Gasteiger partial charge in [0, 0.05) is 13.0 Å². The third-order valence-electron chi connectivity index (χ3n) is 5.55. The molecule has 1 aromatic heterocycles. The molecule has 0 saturated carbocycles. The second-order valence-corrected chi connectivity index (χ2v) is 8.37. The van der Waals surface area contributed by atoms with E-state index in [-0.39, 0.29) is 35.8 Å². The molecule has 3 N–H and O–H groups in total. The molecule has 2 amide bonds. The lowest BCUT2D eigenvalue weighted by molar-refractivity contribution is -0.126. The van der Waals surface area contributed by atoms with Crippen LogP contribution < -0.4 is 10.6 Å². The summed E-state index contributed by atoms with van der Waals surface area (Å²) in [6.07, 6.45) is 2.34. The number of nitrogens with zero attached hydrogens (tertiary/aromatic N) is 2. The zero-order chi connectivity index (χ0) is 22.3. The number of aliphatic hydroxyl groups excluding tert-OH is 1. The predicted molar refractivity (Wildman–Crippen MR) is 118 cm³/mol. The standard InChI is InChI=1S/C23H34N4O3/c1-6-15(4)21(20(28)12-16(11-14(2)3)22(29)24-5)27-23(30)19-13-25-17-9-7-8-10-18(17)26-19/h7-10,13-16,20-21,28H,6,11-12H2,1-5H3,(H,24,29)(H,27,30)/t15?,16-,20+,21+/m1/s1. The van der Waals surface area contributed by atoms with Gasteiger partial charge >= 0.3 is 0 Å². The van der Waals surface area contributed by atoms with Crippen LogP contribution in [0.5, 0.6) is 0 Å². The van der Waals surface area contributed by atoms with Crippen molar-refractivity contribution in [2.24, 2.45) is 17.8 Å². The Labute approximate surface area is 178 Å². The average Bonchev–Trinajstić information content (AvgIpc) is 2.74. The molecule has 1 heterocycles. The van der Waals surface area contributed by atoms with Crippen LogP contribution in [-0.4, -0.2) is 46.1 Å². The Hall–Kier alpha value is -2.54. The van der Waals surface area contributed by atoms with Crippen LogP contribution in [0.25, 0.3) is 11.0 Å². The first kappa shape index (κ1) is 23.7. The van der Waals surface area contributed by atoms with Gasteiger partial charge in [0.1, 0.15) is 5.69 Å². The summed E-state index contributed by atoms with van der Waals surface area (Å²) in [4.78, 5) is 33.8. The zero-order valence-electron chi connectivity index (χ0n) is 18.6. The number of rotatable bonds is 10. The van der Waals surface area contributed by atoms with Crippen LogP contribution in [0.15, 0.2) is 30.5 Å². The van der Waals surface area contributed by atoms with Crippen LogP contribution in [0.1, 0.15) is 57.4 Å². The smallest absolute Gasteiger partial charge is 0.271 e. The number of nitrogens with one attached hydrogen (secondary N) is 2. The summed E-state index contributed by atoms with van der Waals surface area (Å²) in [5.41, 5.74) is 1.57. The molecule has 0 aliphatic heterocycles. The summed E-state index contributed by atoms with van der Waals surface area (Å²) in [5.74, 6) is -0.421. The molecule has 164 valence electrons. The number of benzene rings is 1. The first-order valence-electron chi connectivity index (χ1n) is 10.7. The molecule has 4 atom stereocenters. The van der Waals surface area contributed by atoms with Crippen molar-refractivity contribution < 1.29 is 14.7 Å². The highest BCUT2D eigenvalue weighted by Crippen LogP contribution is 2.23. The van der Waals surface area contributed by atoms with Crippen LogP contribution in [0.4, 0.5) is 0 Å². The molecule has 2 rings (SSSR count). The van der Waals surface area contributed by atoms with Crippen LogP contribution in [0.2, 0.25) is 0 Å². The highest BCUT2D eigenvalue weighted by atomic mass is 16.3. The number of carbonyl (C=O) groups excluding carboxylic acids is 2. The molecule has 30 heavy (non-hydrogen) atoms. The van der Waals surface area contributed by atoms with E-state index in [1.165, 1.54) is 6.20 Å². The predicted octanol–water partition coefficient (Wildman–Crippen LogP) is 2.93. The molecule has 0 saturated heterocycles. The molecule has 0 radical (unpaired) electrons. The van der Waals surface area contributed by atoms with E-state index in [2.05, 4.69) is 34.4 Å². The van der Waals surface area contributed by atoms with Crippen LogP contribution >= 0.6 is 0 Å². The summed E-state index contributed by atoms with van der Waals surface area (Å²) < 4.78 is 0. The lowest BCUT2D eigenvalue weighted by Gasteiger charge is -2.31. The van der Waals surface area contributed by atoms with E-state index in [9.17, 15) is 14.7 Å². The molecular formula is C23H34N4O3. The largest absolute Gasteiger partial charge is 0.391 e. The van der Waals surface area contributed by atoms with E-state index in [4.69, 9.17) is 0 Å². The normalized spacial score (nSPS) is 15.4. The van der Waals surface area contributed by atoms with Gasteiger partial charge in [0.05, 0.1) is 29.4 Å². The summed E-state index contributed by atoms with van der Waals surface area (Å²) >= 11 is 0. The van der Waals surface area contributed by atoms with Gasteiger partial charge in [-0.2, -0.15) is 0 Å². The Kier molecular flexibility index (Phi) is 8.72. The molecule has 0 bridgehead atoms. The Morgan fingerprint density at radius 2 is 1.77 bits per heavy atom. The van der Waals surface area contributed by atoms with Crippen molar-refractivity contribution in [2.75, 3.05) is 7.05 Å². The number of hydrogen-bond acceptors (Lipinski definition) is 5. The first-order valence-corrected chi connectivity index (χ1v) is 10.7. The molecule has 0 spiro atoms. The summed E-state index contributed by atoms with van der Waals surface area (Å²) in [6.45, 7) is 8.09. The third-order valence-corrected chi connectivity index (χ3v) is 5.55. The van der Waals surface area contributed by atoms with E-state index >= 15 is 0 Å². The maximum atomic E-state index is 12.9. The van der Waals surface area contributed by atoms with Crippen molar-refractivity contribution >= 4 is 22.8 Å². The summed E-state index contributed by atoms with van der Waals surface area (Å²) in [7, 11) is 1.61. The van der Waals surface area contributed by atoms with Crippen LogP contribution in [0.3, 0.4) is 0 Å². The minimum atomic E-state index is -0.849. The number of aliphatic hydroxyl groups is 1. The van der Waals surface area contributed by atoms with Gasteiger partial charge in [-0.25, -0.2) is 4.98 Å². The van der Waals surface area contributed by atoms with Gasteiger partial charge in [-0.05, 0) is 36.8 Å². The molecule has 7 heteroatoms. The lowest BCUT2D eigenvalue weighted by Crippen LogP contribution is -2.49. The number of hydrogen-bond donors (Lipinski definition) is 3. The third kappa shape index (κ3) is 6.23. The summed E-state index contributed by atoms with van der Waals surface area (Å²) in [5, 5.41) is 16.6. The zero-order valence-corrected chi connectivity index (χ0v) is 18.6. The van der Waals surface area contributed by atoms with Crippen molar-refractivity contribution in [3.05, 3.63) is 36.2 Å². The second-order valence-electron chi connectivity index (χ2n) is 8.37. The summed E-state index contributed by atoms with van der Waals surface area (Å²) in [6, 6.07) is 6.86. The quantitative estimate of drug-likeness (QED) is 0.554. The van der Waals surface area contributed by atoms with Gasteiger partial charge in [-0.1, -0.05) is 46.2 Å². The molecule has 7 nitrogen and oxygen atoms in total. The van der Waals surface area contributed by atoms with Gasteiger partial charge in [0.15, 0.2) is 0 Å². The topological polar surface area (TPSA) is 104 Å². The Morgan fingerprint density at radius 3 is 2.37 bits per heavy atom. The number of amides is 2. The van der Waals surface area contributed by atoms with E-state index in [0.29, 0.717) is 17.9 Å². The fraction of sp³-hybridized carbons (Fsp3) is 0.565. The number of carbonyl (C=O) groups is 2. The Balaban J connectivity index is 2.18. The monoisotopic (exact) mass is 414 g/mol. The maximum Gasteiger partial charge on any atom is 0.271 e. The van der Waals surface area contributed by atoms with Gasteiger partial charge in [-0.15, -0.1) is 0 Å². The van der Waals surface area contributed by atoms with E-state index in [0.717, 1.165) is 11.9 Å². The molecule has 0 aliphatic carbocycles. The van der Waals surface area contributed by atoms with Crippen molar-refractivity contribution in [2.45, 2.75) is 59.1 Å². The van der Waals surface area contributed by atoms with Crippen molar-refractivity contribution in [1.29, 1.82) is 0 Å². The van der Waals surface area contributed by atoms with Crippen molar-refractivity contribution in [1.82, 2.24) is 20.6 Å². The molecule has 0 aliphatic rings. The number of para-hydroxylation sites is 2. The second kappa shape index (κ2) is 11.0. The SMILES string of the molecule is CCC(C)[C@H](NC(=O)c1cnc2ccccc2n1)[C@@H](O)C[C@@H](CC(C)C)C(=O)NC. The average molecular weight is 415 g/mol. The molecular weight excluding hydrogens is 380 g/mol. The Morgan fingerprint density at radius 1 is 1.10 bits per heavy atom. The highest BCUT2D eigenvalue weighted by molar-refractivity contribution is 5.94. The van der Waals surface area contributed by atoms with Gasteiger partial charge < -0.3 is 15.7 Å². The highest BCUT2D eigenvalue weighted by Gasteiger charge is 2.31. The van der Waals surface area contributed by atoms with Gasteiger partial charge in [-0.3, -0.25) is 14.6 Å².